The van der Waals surface area contributed by atoms with Gasteiger partial charge in [-0.15, -0.1) is 0 Å². The Balaban J connectivity index is 1.80. The third-order valence-electron chi connectivity index (χ3n) is 3.55. The minimum atomic E-state index is 0.200. The summed E-state index contributed by atoms with van der Waals surface area (Å²) in [6.07, 6.45) is 5.27. The number of pyridine rings is 1. The second-order valence-corrected chi connectivity index (χ2v) is 5.27. The van der Waals surface area contributed by atoms with Crippen LogP contribution in [0.5, 0.6) is 17.4 Å². The molecule has 0 amide bonds. The standard InChI is InChI=1S/C16H12ClN3O3/c1-21-15-3-2-10(8-19-15)20-5-4-18-16(20)11-6-13-14(7-12(11)17)23-9-22-13/h2-8H,9H2,1H3. The van der Waals surface area contributed by atoms with Crippen molar-refractivity contribution >= 4 is 11.6 Å². The van der Waals surface area contributed by atoms with Crippen molar-refractivity contribution in [1.29, 1.82) is 0 Å². The molecule has 1 aliphatic rings. The minimum absolute atomic E-state index is 0.200. The van der Waals surface area contributed by atoms with Gasteiger partial charge in [-0.3, -0.25) is 4.57 Å². The fraction of sp³-hybridized carbons (Fsp3) is 0.125. The topological polar surface area (TPSA) is 58.4 Å². The van der Waals surface area contributed by atoms with Crippen LogP contribution in [-0.2, 0) is 0 Å². The molecule has 0 N–H and O–H groups in total. The molecule has 0 radical (unpaired) electrons. The van der Waals surface area contributed by atoms with Crippen LogP contribution < -0.4 is 14.2 Å². The van der Waals surface area contributed by atoms with E-state index in [0.29, 0.717) is 28.2 Å². The van der Waals surface area contributed by atoms with Gasteiger partial charge in [0.05, 0.1) is 24.0 Å². The largest absolute Gasteiger partial charge is 0.481 e. The Morgan fingerprint density at radius 2 is 2.00 bits per heavy atom. The number of fused-ring (bicyclic) bond motifs is 1. The van der Waals surface area contributed by atoms with Gasteiger partial charge < -0.3 is 14.2 Å². The van der Waals surface area contributed by atoms with Gasteiger partial charge in [-0.1, -0.05) is 11.6 Å². The van der Waals surface area contributed by atoms with Crippen LogP contribution in [0.1, 0.15) is 0 Å². The molecule has 7 heteroatoms. The summed E-state index contributed by atoms with van der Waals surface area (Å²) in [5, 5.41) is 0.545. The summed E-state index contributed by atoms with van der Waals surface area (Å²) in [6, 6.07) is 7.27. The minimum Gasteiger partial charge on any atom is -0.481 e. The lowest BCUT2D eigenvalue weighted by molar-refractivity contribution is 0.174. The molecule has 2 aromatic heterocycles. The van der Waals surface area contributed by atoms with Gasteiger partial charge in [-0.05, 0) is 12.1 Å². The zero-order valence-corrected chi connectivity index (χ0v) is 12.9. The monoisotopic (exact) mass is 329 g/mol. The first kappa shape index (κ1) is 13.9. The SMILES string of the molecule is COc1ccc(-n2ccnc2-c2cc3c(cc2Cl)OCO3)cn1. The van der Waals surface area contributed by atoms with Crippen LogP contribution >= 0.6 is 11.6 Å². The van der Waals surface area contributed by atoms with E-state index >= 15 is 0 Å². The summed E-state index contributed by atoms with van der Waals surface area (Å²) in [5.74, 6) is 2.55. The molecule has 116 valence electrons. The highest BCUT2D eigenvalue weighted by Crippen LogP contribution is 2.40. The number of imidazole rings is 1. The normalized spacial score (nSPS) is 12.4. The molecular formula is C16H12ClN3O3. The molecule has 1 aliphatic heterocycles. The molecule has 3 aromatic rings. The van der Waals surface area contributed by atoms with Gasteiger partial charge in [0.25, 0.3) is 0 Å². The zero-order valence-electron chi connectivity index (χ0n) is 12.2. The fourth-order valence-electron chi connectivity index (χ4n) is 2.44. The predicted molar refractivity (Wildman–Crippen MR) is 84.5 cm³/mol. The average molecular weight is 330 g/mol. The maximum Gasteiger partial charge on any atom is 0.231 e. The van der Waals surface area contributed by atoms with Crippen LogP contribution in [0.2, 0.25) is 5.02 Å². The maximum atomic E-state index is 6.38. The van der Waals surface area contributed by atoms with E-state index in [-0.39, 0.29) is 6.79 Å². The highest BCUT2D eigenvalue weighted by Gasteiger charge is 2.20. The van der Waals surface area contributed by atoms with E-state index in [1.54, 1.807) is 31.6 Å². The molecular weight excluding hydrogens is 318 g/mol. The van der Waals surface area contributed by atoms with E-state index in [1.807, 2.05) is 22.9 Å². The third-order valence-corrected chi connectivity index (χ3v) is 3.86. The van der Waals surface area contributed by atoms with Crippen molar-refractivity contribution in [2.75, 3.05) is 13.9 Å². The van der Waals surface area contributed by atoms with E-state index in [1.165, 1.54) is 0 Å². The molecule has 0 aliphatic carbocycles. The van der Waals surface area contributed by atoms with Gasteiger partial charge in [0.2, 0.25) is 12.7 Å². The summed E-state index contributed by atoms with van der Waals surface area (Å²) in [4.78, 5) is 8.63. The van der Waals surface area contributed by atoms with Gasteiger partial charge in [-0.25, -0.2) is 9.97 Å². The van der Waals surface area contributed by atoms with E-state index in [2.05, 4.69) is 9.97 Å². The highest BCUT2D eigenvalue weighted by atomic mass is 35.5. The third kappa shape index (κ3) is 2.37. The van der Waals surface area contributed by atoms with Crippen molar-refractivity contribution < 1.29 is 14.2 Å². The van der Waals surface area contributed by atoms with Gasteiger partial charge in [-0.2, -0.15) is 0 Å². The highest BCUT2D eigenvalue weighted by molar-refractivity contribution is 6.33. The smallest absolute Gasteiger partial charge is 0.231 e. The number of nitrogens with zero attached hydrogens (tertiary/aromatic N) is 3. The molecule has 0 fully saturated rings. The van der Waals surface area contributed by atoms with E-state index in [0.717, 1.165) is 11.3 Å². The lowest BCUT2D eigenvalue weighted by Crippen LogP contribution is -1.98. The van der Waals surface area contributed by atoms with Gasteiger partial charge in [0, 0.05) is 30.1 Å². The van der Waals surface area contributed by atoms with Crippen LogP contribution in [0, 0.1) is 0 Å². The molecule has 0 atom stereocenters. The van der Waals surface area contributed by atoms with Crippen LogP contribution in [0.3, 0.4) is 0 Å². The number of hydrogen-bond acceptors (Lipinski definition) is 5. The zero-order chi connectivity index (χ0) is 15.8. The van der Waals surface area contributed by atoms with Crippen molar-refractivity contribution in [2.24, 2.45) is 0 Å². The quantitative estimate of drug-likeness (QED) is 0.737. The van der Waals surface area contributed by atoms with Crippen molar-refractivity contribution in [3.8, 4) is 34.5 Å². The first-order valence-corrected chi connectivity index (χ1v) is 7.27. The molecule has 0 bridgehead atoms. The van der Waals surface area contributed by atoms with E-state index < -0.39 is 0 Å². The number of benzene rings is 1. The summed E-state index contributed by atoms with van der Waals surface area (Å²) < 4.78 is 17.7. The average Bonchev–Trinajstić information content (AvgIpc) is 3.22. The summed E-state index contributed by atoms with van der Waals surface area (Å²) in [7, 11) is 1.58. The van der Waals surface area contributed by atoms with Crippen molar-refractivity contribution in [3.05, 3.63) is 47.9 Å². The Kier molecular flexibility index (Phi) is 3.31. The molecule has 4 rings (SSSR count). The lowest BCUT2D eigenvalue weighted by Gasteiger charge is -2.10. The molecule has 0 spiro atoms. The molecule has 3 heterocycles. The van der Waals surface area contributed by atoms with E-state index in [9.17, 15) is 0 Å². The molecule has 6 nitrogen and oxygen atoms in total. The van der Waals surface area contributed by atoms with E-state index in [4.69, 9.17) is 25.8 Å². The number of halogens is 1. The number of hydrogen-bond donors (Lipinski definition) is 0. The van der Waals surface area contributed by atoms with Crippen LogP contribution in [0.15, 0.2) is 42.9 Å². The molecule has 0 unspecified atom stereocenters. The predicted octanol–water partition coefficient (Wildman–Crippen LogP) is 3.33. The molecule has 0 saturated heterocycles. The second-order valence-electron chi connectivity index (χ2n) is 4.86. The first-order chi connectivity index (χ1) is 11.3. The van der Waals surface area contributed by atoms with Crippen molar-refractivity contribution in [1.82, 2.24) is 14.5 Å². The van der Waals surface area contributed by atoms with Gasteiger partial charge in [0.1, 0.15) is 5.82 Å². The molecule has 23 heavy (non-hydrogen) atoms. The van der Waals surface area contributed by atoms with Crippen LogP contribution in [0.25, 0.3) is 17.1 Å². The Morgan fingerprint density at radius 3 is 2.74 bits per heavy atom. The maximum absolute atomic E-state index is 6.38. The molecule has 1 aromatic carbocycles. The number of methoxy groups -OCH3 is 1. The second kappa shape index (κ2) is 5.48. The van der Waals surface area contributed by atoms with Crippen molar-refractivity contribution in [2.45, 2.75) is 0 Å². The number of aromatic nitrogens is 3. The first-order valence-electron chi connectivity index (χ1n) is 6.89. The summed E-state index contributed by atoms with van der Waals surface area (Å²) in [5.41, 5.74) is 1.61. The lowest BCUT2D eigenvalue weighted by atomic mass is 10.2. The number of rotatable bonds is 3. The van der Waals surface area contributed by atoms with Gasteiger partial charge in [0.15, 0.2) is 11.5 Å². The van der Waals surface area contributed by atoms with Crippen LogP contribution in [-0.4, -0.2) is 28.4 Å². The summed E-state index contributed by atoms with van der Waals surface area (Å²) >= 11 is 6.38. The fourth-order valence-corrected chi connectivity index (χ4v) is 2.67. The Bertz CT molecular complexity index is 862. The molecule has 0 saturated carbocycles. The summed E-state index contributed by atoms with van der Waals surface area (Å²) in [6.45, 7) is 0.200. The van der Waals surface area contributed by atoms with Crippen LogP contribution in [0.4, 0.5) is 0 Å². The van der Waals surface area contributed by atoms with Gasteiger partial charge >= 0.3 is 0 Å². The van der Waals surface area contributed by atoms with Crippen molar-refractivity contribution in [3.63, 3.8) is 0 Å². The Morgan fingerprint density at radius 1 is 1.17 bits per heavy atom. The Hall–Kier alpha value is -2.73. The number of ether oxygens (including phenoxy) is 3. The Labute approximate surface area is 137 Å².